The number of thiophene rings is 1. The largest absolute Gasteiger partial charge is 0.372 e. The lowest BCUT2D eigenvalue weighted by atomic mass is 9.81. The fraction of sp³-hybridized carbons (Fsp3) is 0.333. The first-order chi connectivity index (χ1) is 16.0. The third-order valence-corrected chi connectivity index (χ3v) is 7.29. The monoisotopic (exact) mass is 461 g/mol. The SMILES string of the molecule is CCN(CCCNC(=O)[C@@H]1c2ccccc2C(=O)N(C)[C@@H]1c1cccs1)c1cccc(C)c1. The molecule has 2 amide bonds. The maximum Gasteiger partial charge on any atom is 0.254 e. The number of amides is 2. The second kappa shape index (κ2) is 10.2. The lowest BCUT2D eigenvalue weighted by Gasteiger charge is -2.39. The summed E-state index contributed by atoms with van der Waals surface area (Å²) >= 11 is 1.58. The average molecular weight is 462 g/mol. The van der Waals surface area contributed by atoms with Crippen LogP contribution in [-0.4, -0.2) is 43.4 Å². The fourth-order valence-electron chi connectivity index (χ4n) is 4.66. The number of fused-ring (bicyclic) bond motifs is 1. The van der Waals surface area contributed by atoms with Crippen molar-refractivity contribution in [1.29, 1.82) is 0 Å². The van der Waals surface area contributed by atoms with E-state index in [-0.39, 0.29) is 17.9 Å². The Morgan fingerprint density at radius 3 is 2.67 bits per heavy atom. The number of aryl methyl sites for hydroxylation is 1. The first-order valence-corrected chi connectivity index (χ1v) is 12.4. The number of carbonyl (C=O) groups excluding carboxylic acids is 2. The molecule has 1 aromatic heterocycles. The second-order valence-electron chi connectivity index (χ2n) is 8.50. The van der Waals surface area contributed by atoms with Gasteiger partial charge in [-0.2, -0.15) is 0 Å². The summed E-state index contributed by atoms with van der Waals surface area (Å²) in [7, 11) is 1.80. The normalized spacial score (nSPS) is 17.5. The minimum absolute atomic E-state index is 0.0289. The molecule has 3 aromatic rings. The van der Waals surface area contributed by atoms with Crippen LogP contribution < -0.4 is 10.2 Å². The maximum absolute atomic E-state index is 13.5. The van der Waals surface area contributed by atoms with Crippen molar-refractivity contribution in [3.05, 3.63) is 87.6 Å². The van der Waals surface area contributed by atoms with Gasteiger partial charge in [0, 0.05) is 42.8 Å². The van der Waals surface area contributed by atoms with Gasteiger partial charge in [0.25, 0.3) is 5.91 Å². The van der Waals surface area contributed by atoms with Gasteiger partial charge in [0.2, 0.25) is 5.91 Å². The Balaban J connectivity index is 1.47. The number of anilines is 1. The van der Waals surface area contributed by atoms with Gasteiger partial charge in [-0.25, -0.2) is 0 Å². The number of benzene rings is 2. The Hall–Kier alpha value is -3.12. The summed E-state index contributed by atoms with van der Waals surface area (Å²) in [6.45, 7) is 6.63. The number of hydrogen-bond donors (Lipinski definition) is 1. The summed E-state index contributed by atoms with van der Waals surface area (Å²) < 4.78 is 0. The zero-order chi connectivity index (χ0) is 23.4. The highest BCUT2D eigenvalue weighted by Crippen LogP contribution is 2.43. The van der Waals surface area contributed by atoms with Gasteiger partial charge >= 0.3 is 0 Å². The molecule has 2 aromatic carbocycles. The van der Waals surface area contributed by atoms with E-state index in [4.69, 9.17) is 0 Å². The van der Waals surface area contributed by atoms with E-state index < -0.39 is 5.92 Å². The van der Waals surface area contributed by atoms with Crippen LogP contribution in [0.1, 0.15) is 51.7 Å². The van der Waals surface area contributed by atoms with Gasteiger partial charge in [-0.1, -0.05) is 36.4 Å². The Morgan fingerprint density at radius 2 is 1.94 bits per heavy atom. The highest BCUT2D eigenvalue weighted by molar-refractivity contribution is 7.10. The molecule has 0 saturated carbocycles. The number of hydrogen-bond acceptors (Lipinski definition) is 4. The molecule has 0 saturated heterocycles. The standard InChI is InChI=1S/C27H31N3O2S/c1-4-30(20-11-7-10-19(2)18-20)16-9-15-28-26(31)24-21-12-5-6-13-22(21)27(32)29(3)25(24)23-14-8-17-33-23/h5-8,10-14,17-18,24-25H,4,9,15-16H2,1-3H3,(H,28,31)/t24-,25-/m1/s1. The van der Waals surface area contributed by atoms with E-state index in [1.165, 1.54) is 11.3 Å². The number of rotatable bonds is 8. The van der Waals surface area contributed by atoms with Gasteiger partial charge in [0.15, 0.2) is 0 Å². The van der Waals surface area contributed by atoms with Crippen LogP contribution in [0.4, 0.5) is 5.69 Å². The zero-order valence-corrected chi connectivity index (χ0v) is 20.3. The highest BCUT2D eigenvalue weighted by atomic mass is 32.1. The fourth-order valence-corrected chi connectivity index (χ4v) is 5.56. The molecule has 5 nitrogen and oxygen atoms in total. The summed E-state index contributed by atoms with van der Waals surface area (Å²) in [6.07, 6.45) is 0.848. The van der Waals surface area contributed by atoms with Crippen molar-refractivity contribution in [2.75, 3.05) is 31.6 Å². The Morgan fingerprint density at radius 1 is 1.12 bits per heavy atom. The van der Waals surface area contributed by atoms with Gasteiger partial charge < -0.3 is 15.1 Å². The number of nitrogens with one attached hydrogen (secondary N) is 1. The predicted octanol–water partition coefficient (Wildman–Crippen LogP) is 5.00. The number of nitrogens with zero attached hydrogens (tertiary/aromatic N) is 2. The Kier molecular flexibility index (Phi) is 7.14. The summed E-state index contributed by atoms with van der Waals surface area (Å²) in [6, 6.07) is 19.7. The topological polar surface area (TPSA) is 52.7 Å². The molecule has 1 aliphatic heterocycles. The zero-order valence-electron chi connectivity index (χ0n) is 19.5. The van der Waals surface area contributed by atoms with Gasteiger partial charge in [-0.15, -0.1) is 11.3 Å². The molecule has 0 bridgehead atoms. The van der Waals surface area contributed by atoms with Crippen LogP contribution in [0.5, 0.6) is 0 Å². The van der Waals surface area contributed by atoms with E-state index in [1.54, 1.807) is 23.3 Å². The Labute approximate surface area is 200 Å². The van der Waals surface area contributed by atoms with Crippen LogP contribution in [-0.2, 0) is 4.79 Å². The van der Waals surface area contributed by atoms with E-state index in [1.807, 2.05) is 41.8 Å². The third kappa shape index (κ3) is 4.81. The molecular formula is C27H31N3O2S. The molecule has 4 rings (SSSR count). The van der Waals surface area contributed by atoms with Gasteiger partial charge in [0.1, 0.15) is 0 Å². The molecule has 33 heavy (non-hydrogen) atoms. The maximum atomic E-state index is 13.5. The van der Waals surface area contributed by atoms with Crippen molar-refractivity contribution in [2.45, 2.75) is 32.2 Å². The van der Waals surface area contributed by atoms with E-state index in [2.05, 4.69) is 48.3 Å². The average Bonchev–Trinajstić information content (AvgIpc) is 3.35. The molecule has 6 heteroatoms. The molecule has 0 spiro atoms. The molecule has 0 unspecified atom stereocenters. The summed E-state index contributed by atoms with van der Waals surface area (Å²) in [5, 5.41) is 5.16. The molecule has 0 aliphatic carbocycles. The van der Waals surface area contributed by atoms with Crippen LogP contribution in [0, 0.1) is 6.92 Å². The van der Waals surface area contributed by atoms with E-state index in [9.17, 15) is 9.59 Å². The van der Waals surface area contributed by atoms with Crippen LogP contribution in [0.15, 0.2) is 66.0 Å². The molecule has 2 atom stereocenters. The highest BCUT2D eigenvalue weighted by Gasteiger charge is 2.42. The molecule has 172 valence electrons. The van der Waals surface area contributed by atoms with E-state index >= 15 is 0 Å². The third-order valence-electron chi connectivity index (χ3n) is 6.35. The van der Waals surface area contributed by atoms with Gasteiger partial charge in [-0.05, 0) is 61.0 Å². The first-order valence-electron chi connectivity index (χ1n) is 11.5. The minimum Gasteiger partial charge on any atom is -0.372 e. The molecule has 0 radical (unpaired) electrons. The Bertz CT molecular complexity index is 1110. The van der Waals surface area contributed by atoms with Crippen molar-refractivity contribution in [2.24, 2.45) is 0 Å². The van der Waals surface area contributed by atoms with Crippen molar-refractivity contribution in [3.8, 4) is 0 Å². The second-order valence-corrected chi connectivity index (χ2v) is 9.48. The van der Waals surface area contributed by atoms with Crippen molar-refractivity contribution in [1.82, 2.24) is 10.2 Å². The molecule has 0 fully saturated rings. The summed E-state index contributed by atoms with van der Waals surface area (Å²) in [4.78, 5) is 31.6. The smallest absolute Gasteiger partial charge is 0.254 e. The molecule has 1 N–H and O–H groups in total. The van der Waals surface area contributed by atoms with Crippen LogP contribution in [0.25, 0.3) is 0 Å². The van der Waals surface area contributed by atoms with Crippen LogP contribution in [0.3, 0.4) is 0 Å². The number of carbonyl (C=O) groups is 2. The van der Waals surface area contributed by atoms with E-state index in [0.717, 1.165) is 30.0 Å². The van der Waals surface area contributed by atoms with E-state index in [0.29, 0.717) is 12.1 Å². The number of likely N-dealkylation sites (N-methyl/N-ethyl adjacent to an activating group) is 1. The minimum atomic E-state index is -0.429. The predicted molar refractivity (Wildman–Crippen MR) is 135 cm³/mol. The lowest BCUT2D eigenvalue weighted by molar-refractivity contribution is -0.124. The van der Waals surface area contributed by atoms with Crippen LogP contribution in [0.2, 0.25) is 0 Å². The molecular weight excluding hydrogens is 430 g/mol. The molecule has 2 heterocycles. The quantitative estimate of drug-likeness (QED) is 0.480. The van der Waals surface area contributed by atoms with Gasteiger partial charge in [-0.3, -0.25) is 9.59 Å². The first kappa shape index (κ1) is 23.1. The molecule has 1 aliphatic rings. The van der Waals surface area contributed by atoms with Crippen LogP contribution >= 0.6 is 11.3 Å². The van der Waals surface area contributed by atoms with Crippen molar-refractivity contribution >= 4 is 28.8 Å². The summed E-state index contributed by atoms with van der Waals surface area (Å²) in [5.41, 5.74) is 3.88. The lowest BCUT2D eigenvalue weighted by Crippen LogP contribution is -2.45. The van der Waals surface area contributed by atoms with Crippen molar-refractivity contribution in [3.63, 3.8) is 0 Å². The summed E-state index contributed by atoms with van der Waals surface area (Å²) in [5.74, 6) is -0.495. The van der Waals surface area contributed by atoms with Crippen molar-refractivity contribution < 1.29 is 9.59 Å². The van der Waals surface area contributed by atoms with Gasteiger partial charge in [0.05, 0.1) is 12.0 Å².